The van der Waals surface area contributed by atoms with Crippen LogP contribution in [0.2, 0.25) is 0 Å². The first kappa shape index (κ1) is 11.6. The molecule has 2 heterocycles. The summed E-state index contributed by atoms with van der Waals surface area (Å²) in [4.78, 5) is 0. The molecule has 1 N–H and O–H groups in total. The second-order valence-corrected chi connectivity index (χ2v) is 4.32. The smallest absolute Gasteiger partial charge is 0.0699 e. The van der Waals surface area contributed by atoms with Crippen LogP contribution in [-0.4, -0.2) is 35.6 Å². The Balaban J connectivity index is 1.48. The number of aromatic nitrogens is 2. The molecule has 1 saturated heterocycles. The van der Waals surface area contributed by atoms with Crippen LogP contribution in [0.5, 0.6) is 0 Å². The summed E-state index contributed by atoms with van der Waals surface area (Å²) in [6, 6.07) is 1.96. The summed E-state index contributed by atoms with van der Waals surface area (Å²) >= 11 is 0. The Morgan fingerprint density at radius 3 is 3.19 bits per heavy atom. The van der Waals surface area contributed by atoms with Gasteiger partial charge >= 0.3 is 0 Å². The van der Waals surface area contributed by atoms with E-state index in [0.717, 1.165) is 32.7 Å². The SMILES string of the molecule is c1cnn(CCCNCC2CCCCO2)c1. The van der Waals surface area contributed by atoms with Crippen LogP contribution in [0.1, 0.15) is 25.7 Å². The van der Waals surface area contributed by atoms with E-state index in [4.69, 9.17) is 4.74 Å². The maximum absolute atomic E-state index is 5.65. The van der Waals surface area contributed by atoms with Gasteiger partial charge in [-0.15, -0.1) is 0 Å². The Morgan fingerprint density at radius 2 is 2.44 bits per heavy atom. The molecule has 0 spiro atoms. The molecule has 0 aromatic carbocycles. The van der Waals surface area contributed by atoms with Crippen LogP contribution < -0.4 is 5.32 Å². The zero-order chi connectivity index (χ0) is 11.1. The molecule has 1 aliphatic rings. The molecule has 1 unspecified atom stereocenters. The number of nitrogens with zero attached hydrogens (tertiary/aromatic N) is 2. The van der Waals surface area contributed by atoms with Crippen molar-refractivity contribution in [3.05, 3.63) is 18.5 Å². The second-order valence-electron chi connectivity index (χ2n) is 4.32. The van der Waals surface area contributed by atoms with Gasteiger partial charge in [0, 0.05) is 32.1 Å². The maximum atomic E-state index is 5.65. The normalized spacial score (nSPS) is 21.1. The third-order valence-electron chi connectivity index (χ3n) is 2.95. The molecule has 4 nitrogen and oxygen atoms in total. The zero-order valence-corrected chi connectivity index (χ0v) is 9.77. The summed E-state index contributed by atoms with van der Waals surface area (Å²) in [7, 11) is 0. The van der Waals surface area contributed by atoms with Crippen molar-refractivity contribution in [1.82, 2.24) is 15.1 Å². The molecular weight excluding hydrogens is 202 g/mol. The molecule has 0 radical (unpaired) electrons. The van der Waals surface area contributed by atoms with E-state index in [-0.39, 0.29) is 0 Å². The van der Waals surface area contributed by atoms with Crippen LogP contribution in [0.4, 0.5) is 0 Å². The van der Waals surface area contributed by atoms with Gasteiger partial charge in [-0.2, -0.15) is 5.10 Å². The molecule has 0 amide bonds. The summed E-state index contributed by atoms with van der Waals surface area (Å²) in [5.74, 6) is 0. The van der Waals surface area contributed by atoms with Crippen molar-refractivity contribution in [3.63, 3.8) is 0 Å². The van der Waals surface area contributed by atoms with E-state index in [1.54, 1.807) is 0 Å². The van der Waals surface area contributed by atoms with Gasteiger partial charge in [-0.25, -0.2) is 0 Å². The minimum absolute atomic E-state index is 0.443. The Bertz CT molecular complexity index is 268. The quantitative estimate of drug-likeness (QED) is 0.742. The van der Waals surface area contributed by atoms with Crippen molar-refractivity contribution in [3.8, 4) is 0 Å². The zero-order valence-electron chi connectivity index (χ0n) is 9.77. The van der Waals surface area contributed by atoms with Gasteiger partial charge in [0.1, 0.15) is 0 Å². The highest BCUT2D eigenvalue weighted by molar-refractivity contribution is 4.77. The Hall–Kier alpha value is -0.870. The summed E-state index contributed by atoms with van der Waals surface area (Å²) in [6.07, 6.45) is 9.15. The van der Waals surface area contributed by atoms with Gasteiger partial charge in [-0.05, 0) is 38.3 Å². The van der Waals surface area contributed by atoms with Gasteiger partial charge < -0.3 is 10.1 Å². The van der Waals surface area contributed by atoms with E-state index in [2.05, 4.69) is 10.4 Å². The minimum atomic E-state index is 0.443. The Morgan fingerprint density at radius 1 is 1.44 bits per heavy atom. The van der Waals surface area contributed by atoms with E-state index in [1.807, 2.05) is 23.1 Å². The number of ether oxygens (including phenoxy) is 1. The highest BCUT2D eigenvalue weighted by Gasteiger charge is 2.12. The number of hydrogen-bond acceptors (Lipinski definition) is 3. The van der Waals surface area contributed by atoms with Crippen molar-refractivity contribution < 1.29 is 4.74 Å². The van der Waals surface area contributed by atoms with E-state index in [0.29, 0.717) is 6.10 Å². The van der Waals surface area contributed by atoms with Crippen molar-refractivity contribution >= 4 is 0 Å². The standard InChI is InChI=1S/C12H21N3O/c1-2-10-16-12(5-1)11-13-6-3-8-15-9-4-7-14-15/h4,7,9,12-13H,1-3,5-6,8,10-11H2. The minimum Gasteiger partial charge on any atom is -0.377 e. The summed E-state index contributed by atoms with van der Waals surface area (Å²) in [6.45, 7) is 3.98. The molecule has 16 heavy (non-hydrogen) atoms. The Labute approximate surface area is 97.0 Å². The Kier molecular flexibility index (Phi) is 4.83. The molecule has 0 bridgehead atoms. The summed E-state index contributed by atoms with van der Waals surface area (Å²) < 4.78 is 7.62. The van der Waals surface area contributed by atoms with Gasteiger partial charge in [-0.3, -0.25) is 4.68 Å². The largest absolute Gasteiger partial charge is 0.377 e. The second kappa shape index (κ2) is 6.66. The first-order valence-electron chi connectivity index (χ1n) is 6.25. The van der Waals surface area contributed by atoms with Crippen molar-refractivity contribution in [2.45, 2.75) is 38.3 Å². The van der Waals surface area contributed by atoms with E-state index >= 15 is 0 Å². The van der Waals surface area contributed by atoms with Crippen LogP contribution in [0.15, 0.2) is 18.5 Å². The molecule has 1 atom stereocenters. The van der Waals surface area contributed by atoms with E-state index < -0.39 is 0 Å². The molecular formula is C12H21N3O. The van der Waals surface area contributed by atoms with Crippen LogP contribution in [0.3, 0.4) is 0 Å². The molecule has 4 heteroatoms. The lowest BCUT2D eigenvalue weighted by molar-refractivity contribution is 0.0170. The van der Waals surface area contributed by atoms with E-state index in [9.17, 15) is 0 Å². The average Bonchev–Trinajstić information content (AvgIpc) is 2.83. The van der Waals surface area contributed by atoms with Crippen LogP contribution in [-0.2, 0) is 11.3 Å². The van der Waals surface area contributed by atoms with Crippen molar-refractivity contribution in [1.29, 1.82) is 0 Å². The van der Waals surface area contributed by atoms with Crippen molar-refractivity contribution in [2.24, 2.45) is 0 Å². The first-order valence-corrected chi connectivity index (χ1v) is 6.25. The topological polar surface area (TPSA) is 39.1 Å². The third-order valence-corrected chi connectivity index (χ3v) is 2.95. The molecule has 0 saturated carbocycles. The maximum Gasteiger partial charge on any atom is 0.0699 e. The highest BCUT2D eigenvalue weighted by Crippen LogP contribution is 2.11. The van der Waals surface area contributed by atoms with Gasteiger partial charge in [-0.1, -0.05) is 0 Å². The van der Waals surface area contributed by atoms with Gasteiger partial charge in [0.2, 0.25) is 0 Å². The van der Waals surface area contributed by atoms with Gasteiger partial charge in [0.25, 0.3) is 0 Å². The monoisotopic (exact) mass is 223 g/mol. The molecule has 1 aromatic rings. The number of hydrogen-bond donors (Lipinski definition) is 1. The lowest BCUT2D eigenvalue weighted by Gasteiger charge is -2.22. The lowest BCUT2D eigenvalue weighted by atomic mass is 10.1. The third kappa shape index (κ3) is 3.94. The molecule has 1 aromatic heterocycles. The molecule has 1 aliphatic heterocycles. The predicted octanol–water partition coefficient (Wildman–Crippen LogP) is 1.43. The molecule has 1 fully saturated rings. The number of aryl methyl sites for hydroxylation is 1. The number of rotatable bonds is 6. The fraction of sp³-hybridized carbons (Fsp3) is 0.750. The van der Waals surface area contributed by atoms with E-state index in [1.165, 1.54) is 19.3 Å². The van der Waals surface area contributed by atoms with Crippen LogP contribution >= 0.6 is 0 Å². The fourth-order valence-electron chi connectivity index (χ4n) is 2.03. The highest BCUT2D eigenvalue weighted by atomic mass is 16.5. The lowest BCUT2D eigenvalue weighted by Crippen LogP contribution is -2.32. The van der Waals surface area contributed by atoms with Gasteiger partial charge in [0.15, 0.2) is 0 Å². The fourth-order valence-corrected chi connectivity index (χ4v) is 2.03. The molecule has 90 valence electrons. The van der Waals surface area contributed by atoms with Crippen LogP contribution in [0.25, 0.3) is 0 Å². The molecule has 2 rings (SSSR count). The van der Waals surface area contributed by atoms with Crippen LogP contribution in [0, 0.1) is 0 Å². The predicted molar refractivity (Wildman–Crippen MR) is 63.3 cm³/mol. The number of nitrogens with one attached hydrogen (secondary N) is 1. The average molecular weight is 223 g/mol. The summed E-state index contributed by atoms with van der Waals surface area (Å²) in [5.41, 5.74) is 0. The first-order chi connectivity index (χ1) is 7.95. The van der Waals surface area contributed by atoms with Gasteiger partial charge in [0.05, 0.1) is 6.10 Å². The molecule has 0 aliphatic carbocycles. The summed E-state index contributed by atoms with van der Waals surface area (Å²) in [5, 5.41) is 7.62. The van der Waals surface area contributed by atoms with Crippen molar-refractivity contribution in [2.75, 3.05) is 19.7 Å².